The summed E-state index contributed by atoms with van der Waals surface area (Å²) in [5.74, 6) is 0.659. The molecule has 0 aliphatic carbocycles. The van der Waals surface area contributed by atoms with Crippen LogP contribution in [-0.4, -0.2) is 31.7 Å². The first-order valence-electron chi connectivity index (χ1n) is 8.06. The van der Waals surface area contributed by atoms with Crippen LogP contribution in [0.5, 0.6) is 0 Å². The summed E-state index contributed by atoms with van der Waals surface area (Å²) in [6, 6.07) is 14.2. The van der Waals surface area contributed by atoms with Crippen LogP contribution in [0.4, 0.5) is 0 Å². The number of aliphatic hydroxyl groups is 1. The molecule has 4 aromatic heterocycles. The highest BCUT2D eigenvalue weighted by molar-refractivity contribution is 5.73. The molecule has 0 aliphatic heterocycles. The predicted molar refractivity (Wildman–Crippen MR) is 95.5 cm³/mol. The molecule has 0 bridgehead atoms. The van der Waals surface area contributed by atoms with Gasteiger partial charge in [-0.1, -0.05) is 22.4 Å². The molecule has 4 heterocycles. The van der Waals surface area contributed by atoms with Crippen molar-refractivity contribution in [1.82, 2.24) is 20.3 Å². The van der Waals surface area contributed by atoms with Crippen LogP contribution in [-0.2, 0) is 0 Å². The van der Waals surface area contributed by atoms with E-state index in [0.717, 1.165) is 5.69 Å². The second-order valence-electron chi connectivity index (χ2n) is 5.45. The molecule has 8 heteroatoms. The van der Waals surface area contributed by atoms with Gasteiger partial charge in [-0.25, -0.2) is 0 Å². The van der Waals surface area contributed by atoms with Gasteiger partial charge in [-0.3, -0.25) is 14.8 Å². The van der Waals surface area contributed by atoms with Crippen molar-refractivity contribution >= 4 is 6.29 Å². The second kappa shape index (κ2) is 8.63. The quantitative estimate of drug-likeness (QED) is 0.548. The van der Waals surface area contributed by atoms with Crippen LogP contribution in [0.1, 0.15) is 29.3 Å². The van der Waals surface area contributed by atoms with E-state index in [0.29, 0.717) is 29.1 Å². The molecule has 27 heavy (non-hydrogen) atoms. The van der Waals surface area contributed by atoms with Crippen LogP contribution < -0.4 is 0 Å². The lowest BCUT2D eigenvalue weighted by Crippen LogP contribution is -1.85. The van der Waals surface area contributed by atoms with Gasteiger partial charge in [-0.15, -0.1) is 0 Å². The lowest BCUT2D eigenvalue weighted by Gasteiger charge is -1.93. The molecule has 4 aromatic rings. The number of aliphatic hydroxyl groups excluding tert-OH is 1. The van der Waals surface area contributed by atoms with Crippen molar-refractivity contribution in [2.24, 2.45) is 0 Å². The largest absolute Gasteiger partial charge is 0.385 e. The minimum Gasteiger partial charge on any atom is -0.385 e. The number of pyridine rings is 2. The minimum absolute atomic E-state index is 0.209. The zero-order valence-electron chi connectivity index (χ0n) is 14.4. The number of aldehydes is 1. The van der Waals surface area contributed by atoms with Crippen molar-refractivity contribution in [2.45, 2.75) is 13.0 Å². The topological polar surface area (TPSA) is 115 Å². The Morgan fingerprint density at radius 2 is 1.48 bits per heavy atom. The average molecular weight is 364 g/mol. The molecule has 0 amide bonds. The van der Waals surface area contributed by atoms with E-state index in [1.54, 1.807) is 37.5 Å². The smallest absolute Gasteiger partial charge is 0.199 e. The van der Waals surface area contributed by atoms with Gasteiger partial charge < -0.3 is 14.2 Å². The number of hydrogen-bond acceptors (Lipinski definition) is 8. The number of rotatable bonds is 4. The molecule has 1 atom stereocenters. The van der Waals surface area contributed by atoms with Gasteiger partial charge in [0.15, 0.2) is 17.8 Å². The second-order valence-corrected chi connectivity index (χ2v) is 5.45. The Kier molecular flexibility index (Phi) is 5.80. The molecule has 0 aliphatic rings. The summed E-state index contributed by atoms with van der Waals surface area (Å²) < 4.78 is 9.65. The molecule has 1 unspecified atom stereocenters. The van der Waals surface area contributed by atoms with Crippen molar-refractivity contribution in [1.29, 1.82) is 0 Å². The SMILES string of the molecule is CC(O)c1cc(-c2ccccn2)no1.O=Cc1cc(-c2ccccn2)no1. The first kappa shape index (κ1) is 18.2. The van der Waals surface area contributed by atoms with Gasteiger partial charge in [0, 0.05) is 24.5 Å². The first-order chi connectivity index (χ1) is 13.2. The summed E-state index contributed by atoms with van der Waals surface area (Å²) in [7, 11) is 0. The lowest BCUT2D eigenvalue weighted by molar-refractivity contribution is 0.109. The maximum atomic E-state index is 10.3. The third-order valence-corrected chi connectivity index (χ3v) is 3.44. The van der Waals surface area contributed by atoms with Crippen LogP contribution in [0.25, 0.3) is 22.8 Å². The average Bonchev–Trinajstić information content (AvgIpc) is 3.40. The highest BCUT2D eigenvalue weighted by Gasteiger charge is 2.10. The fourth-order valence-corrected chi connectivity index (χ4v) is 2.10. The molecule has 1 N–H and O–H groups in total. The van der Waals surface area contributed by atoms with Crippen molar-refractivity contribution in [3.05, 3.63) is 72.4 Å². The van der Waals surface area contributed by atoms with E-state index in [1.165, 1.54) is 0 Å². The molecule has 0 saturated heterocycles. The summed E-state index contributed by atoms with van der Waals surface area (Å²) in [5.41, 5.74) is 2.65. The van der Waals surface area contributed by atoms with Crippen LogP contribution in [0.2, 0.25) is 0 Å². The lowest BCUT2D eigenvalue weighted by atomic mass is 10.2. The summed E-state index contributed by atoms with van der Waals surface area (Å²) in [6.07, 6.45) is 3.32. The Morgan fingerprint density at radius 1 is 0.889 bits per heavy atom. The predicted octanol–water partition coefficient (Wildman–Crippen LogP) is 3.34. The Labute approximate surface area is 154 Å². The molecule has 0 spiro atoms. The first-order valence-corrected chi connectivity index (χ1v) is 8.06. The molecule has 8 nitrogen and oxygen atoms in total. The Hall–Kier alpha value is -3.65. The zero-order valence-corrected chi connectivity index (χ0v) is 14.4. The summed E-state index contributed by atoms with van der Waals surface area (Å²) in [5, 5.41) is 16.7. The number of nitrogens with zero attached hydrogens (tertiary/aromatic N) is 4. The molecule has 4 rings (SSSR count). The van der Waals surface area contributed by atoms with Gasteiger partial charge in [0.25, 0.3) is 0 Å². The number of aromatic nitrogens is 4. The van der Waals surface area contributed by atoms with Crippen molar-refractivity contribution in [2.75, 3.05) is 0 Å². The summed E-state index contributed by atoms with van der Waals surface area (Å²) in [6.45, 7) is 1.63. The Balaban J connectivity index is 0.000000156. The minimum atomic E-state index is -0.639. The van der Waals surface area contributed by atoms with Gasteiger partial charge in [0.1, 0.15) is 17.5 Å². The van der Waals surface area contributed by atoms with Gasteiger partial charge >= 0.3 is 0 Å². The molecule has 0 fully saturated rings. The monoisotopic (exact) mass is 364 g/mol. The molecule has 0 radical (unpaired) electrons. The van der Waals surface area contributed by atoms with E-state index >= 15 is 0 Å². The molecular formula is C19H16N4O4. The third kappa shape index (κ3) is 4.71. The molecular weight excluding hydrogens is 348 g/mol. The Bertz CT molecular complexity index is 981. The summed E-state index contributed by atoms with van der Waals surface area (Å²) >= 11 is 0. The number of hydrogen-bond donors (Lipinski definition) is 1. The third-order valence-electron chi connectivity index (χ3n) is 3.44. The number of carbonyl (C=O) groups is 1. The van der Waals surface area contributed by atoms with Gasteiger partial charge in [0.05, 0.1) is 11.4 Å². The molecule has 136 valence electrons. The van der Waals surface area contributed by atoms with Gasteiger partial charge in [-0.05, 0) is 31.2 Å². The van der Waals surface area contributed by atoms with E-state index in [4.69, 9.17) is 9.05 Å². The van der Waals surface area contributed by atoms with Crippen LogP contribution in [0, 0.1) is 0 Å². The molecule has 0 saturated carbocycles. The van der Waals surface area contributed by atoms with Crippen LogP contribution in [0.3, 0.4) is 0 Å². The normalized spacial score (nSPS) is 11.3. The van der Waals surface area contributed by atoms with Crippen molar-refractivity contribution < 1.29 is 18.9 Å². The number of carbonyl (C=O) groups excluding carboxylic acids is 1. The highest BCUT2D eigenvalue weighted by atomic mass is 16.5. The van der Waals surface area contributed by atoms with E-state index in [9.17, 15) is 9.90 Å². The van der Waals surface area contributed by atoms with E-state index in [2.05, 4.69) is 20.3 Å². The maximum Gasteiger partial charge on any atom is 0.199 e. The van der Waals surface area contributed by atoms with Crippen LogP contribution in [0.15, 0.2) is 70.0 Å². The van der Waals surface area contributed by atoms with E-state index in [-0.39, 0.29) is 5.76 Å². The zero-order chi connectivity index (χ0) is 19.1. The highest BCUT2D eigenvalue weighted by Crippen LogP contribution is 2.20. The van der Waals surface area contributed by atoms with Crippen LogP contribution >= 0.6 is 0 Å². The van der Waals surface area contributed by atoms with Gasteiger partial charge in [-0.2, -0.15) is 0 Å². The fourth-order valence-electron chi connectivity index (χ4n) is 2.10. The fraction of sp³-hybridized carbons (Fsp3) is 0.105. The van der Waals surface area contributed by atoms with Gasteiger partial charge in [0.2, 0.25) is 0 Å². The molecule has 0 aromatic carbocycles. The summed E-state index contributed by atoms with van der Waals surface area (Å²) in [4.78, 5) is 18.5. The Morgan fingerprint density at radius 3 is 1.93 bits per heavy atom. The van der Waals surface area contributed by atoms with Crippen molar-refractivity contribution in [3.8, 4) is 22.8 Å². The maximum absolute atomic E-state index is 10.3. The standard InChI is InChI=1S/C10H10N2O2.C9H6N2O2/c1-7(13)10-6-9(12-14-10)8-4-2-3-5-11-8;12-6-7-5-9(11-13-7)8-3-1-2-4-10-8/h2-7,13H,1H3;1-6H. The van der Waals surface area contributed by atoms with Crippen molar-refractivity contribution in [3.63, 3.8) is 0 Å². The van der Waals surface area contributed by atoms with E-state index in [1.807, 2.05) is 30.3 Å². The van der Waals surface area contributed by atoms with E-state index < -0.39 is 6.10 Å².